The lowest BCUT2D eigenvalue weighted by molar-refractivity contribution is 0.417. The first-order chi connectivity index (χ1) is 12.6. The van der Waals surface area contributed by atoms with Crippen LogP contribution in [0.15, 0.2) is 64.9 Å². The summed E-state index contributed by atoms with van der Waals surface area (Å²) in [4.78, 5) is 8.84. The summed E-state index contributed by atoms with van der Waals surface area (Å²) in [6.45, 7) is 0. The molecule has 4 aromatic rings. The Hall–Kier alpha value is -2.84. The smallest absolute Gasteiger partial charge is 0.262 e. The maximum atomic E-state index is 12.7. The average Bonchev–Trinajstić information content (AvgIpc) is 3.30. The maximum Gasteiger partial charge on any atom is 0.262 e. The summed E-state index contributed by atoms with van der Waals surface area (Å²) in [5.41, 5.74) is 1.76. The van der Waals surface area contributed by atoms with E-state index in [1.54, 1.807) is 53.8 Å². The number of para-hydroxylation sites is 2. The number of fused-ring (bicyclic) bond motifs is 1. The van der Waals surface area contributed by atoms with Gasteiger partial charge in [0.25, 0.3) is 10.0 Å². The normalized spacial score (nSPS) is 11.6. The van der Waals surface area contributed by atoms with E-state index in [9.17, 15) is 8.42 Å². The number of sulfonamides is 1. The Morgan fingerprint density at radius 3 is 2.73 bits per heavy atom. The standard InChI is InChI=1S/C18H15N3O3S2/c1-24-16-6-3-2-5-14(16)21-26(22,23)12-8-9-13-15(11-12)20-18(19-13)17-7-4-10-25-17/h2-11,21H,1H3,(H,19,20). The molecule has 0 saturated heterocycles. The number of ether oxygens (including phenoxy) is 1. The SMILES string of the molecule is COc1ccccc1NS(=O)(=O)c1ccc2nc(-c3cccs3)[nH]c2c1. The van der Waals surface area contributed by atoms with E-state index < -0.39 is 10.0 Å². The molecule has 0 atom stereocenters. The molecule has 0 saturated carbocycles. The van der Waals surface area contributed by atoms with E-state index in [1.807, 2.05) is 17.5 Å². The number of H-pyrrole nitrogens is 1. The number of aromatic nitrogens is 2. The molecule has 2 aromatic heterocycles. The summed E-state index contributed by atoms with van der Waals surface area (Å²) in [5, 5.41) is 1.97. The van der Waals surface area contributed by atoms with E-state index in [1.165, 1.54) is 7.11 Å². The highest BCUT2D eigenvalue weighted by atomic mass is 32.2. The first-order valence-electron chi connectivity index (χ1n) is 7.76. The number of nitrogens with zero attached hydrogens (tertiary/aromatic N) is 1. The van der Waals surface area contributed by atoms with E-state index in [0.29, 0.717) is 22.5 Å². The van der Waals surface area contributed by atoms with Gasteiger partial charge in [0, 0.05) is 0 Å². The van der Waals surface area contributed by atoms with Crippen LogP contribution in [0, 0.1) is 0 Å². The van der Waals surface area contributed by atoms with Crippen molar-refractivity contribution < 1.29 is 13.2 Å². The van der Waals surface area contributed by atoms with Gasteiger partial charge in [-0.15, -0.1) is 11.3 Å². The van der Waals surface area contributed by atoms with Crippen molar-refractivity contribution in [2.75, 3.05) is 11.8 Å². The van der Waals surface area contributed by atoms with Gasteiger partial charge in [0.2, 0.25) is 0 Å². The molecular weight excluding hydrogens is 370 g/mol. The van der Waals surface area contributed by atoms with Gasteiger partial charge >= 0.3 is 0 Å². The third-order valence-corrected chi connectivity index (χ3v) is 6.11. The Kier molecular flexibility index (Phi) is 4.14. The largest absolute Gasteiger partial charge is 0.495 e. The molecule has 0 radical (unpaired) electrons. The molecule has 8 heteroatoms. The van der Waals surface area contributed by atoms with Gasteiger partial charge in [0.15, 0.2) is 0 Å². The molecule has 0 bridgehead atoms. The Labute approximate surface area is 154 Å². The molecule has 0 amide bonds. The van der Waals surface area contributed by atoms with Crippen LogP contribution in [0.25, 0.3) is 21.7 Å². The third-order valence-electron chi connectivity index (χ3n) is 3.87. The van der Waals surface area contributed by atoms with Crippen molar-refractivity contribution in [2.45, 2.75) is 4.90 Å². The second kappa shape index (κ2) is 6.47. The van der Waals surface area contributed by atoms with Crippen LogP contribution in [0.2, 0.25) is 0 Å². The molecule has 0 aliphatic rings. The molecule has 0 spiro atoms. The quantitative estimate of drug-likeness (QED) is 0.542. The summed E-state index contributed by atoms with van der Waals surface area (Å²) in [6.07, 6.45) is 0. The number of rotatable bonds is 5. The van der Waals surface area contributed by atoms with Gasteiger partial charge in [0.1, 0.15) is 11.6 Å². The van der Waals surface area contributed by atoms with Gasteiger partial charge in [-0.05, 0) is 41.8 Å². The zero-order valence-corrected chi connectivity index (χ0v) is 15.4. The minimum Gasteiger partial charge on any atom is -0.495 e. The first kappa shape index (κ1) is 16.6. The van der Waals surface area contributed by atoms with E-state index in [2.05, 4.69) is 14.7 Å². The Balaban J connectivity index is 1.71. The van der Waals surface area contributed by atoms with Crippen molar-refractivity contribution in [3.63, 3.8) is 0 Å². The van der Waals surface area contributed by atoms with Gasteiger partial charge < -0.3 is 9.72 Å². The molecule has 132 valence electrons. The minimum atomic E-state index is -3.76. The fourth-order valence-electron chi connectivity index (χ4n) is 2.62. The molecule has 0 unspecified atom stereocenters. The minimum absolute atomic E-state index is 0.150. The molecule has 26 heavy (non-hydrogen) atoms. The lowest BCUT2D eigenvalue weighted by Gasteiger charge is -2.11. The molecule has 4 rings (SSSR count). The lowest BCUT2D eigenvalue weighted by Crippen LogP contribution is -2.13. The number of imidazole rings is 1. The predicted octanol–water partition coefficient (Wildman–Crippen LogP) is 4.10. The van der Waals surface area contributed by atoms with Crippen molar-refractivity contribution in [2.24, 2.45) is 0 Å². The Morgan fingerprint density at radius 2 is 1.96 bits per heavy atom. The number of anilines is 1. The summed E-state index contributed by atoms with van der Waals surface area (Å²) in [6, 6.07) is 15.6. The highest BCUT2D eigenvalue weighted by molar-refractivity contribution is 7.92. The van der Waals surface area contributed by atoms with E-state index in [-0.39, 0.29) is 4.90 Å². The van der Waals surface area contributed by atoms with E-state index >= 15 is 0 Å². The van der Waals surface area contributed by atoms with Crippen molar-refractivity contribution in [1.29, 1.82) is 0 Å². The van der Waals surface area contributed by atoms with Crippen LogP contribution >= 0.6 is 11.3 Å². The number of hydrogen-bond donors (Lipinski definition) is 2. The first-order valence-corrected chi connectivity index (χ1v) is 10.1. The molecular formula is C18H15N3O3S2. The van der Waals surface area contributed by atoms with E-state index in [4.69, 9.17) is 4.74 Å². The highest BCUT2D eigenvalue weighted by Gasteiger charge is 2.18. The fourth-order valence-corrected chi connectivity index (χ4v) is 4.38. The number of aromatic amines is 1. The molecule has 2 aromatic carbocycles. The number of benzene rings is 2. The monoisotopic (exact) mass is 385 g/mol. The summed E-state index contributed by atoms with van der Waals surface area (Å²) >= 11 is 1.57. The fraction of sp³-hybridized carbons (Fsp3) is 0.0556. The summed E-state index contributed by atoms with van der Waals surface area (Å²) in [5.74, 6) is 1.18. The number of thiophene rings is 1. The number of methoxy groups -OCH3 is 1. The highest BCUT2D eigenvalue weighted by Crippen LogP contribution is 2.28. The van der Waals surface area contributed by atoms with Crippen LogP contribution in [0.3, 0.4) is 0 Å². The topological polar surface area (TPSA) is 84.1 Å². The molecule has 0 fully saturated rings. The molecule has 2 N–H and O–H groups in total. The lowest BCUT2D eigenvalue weighted by atomic mass is 10.3. The van der Waals surface area contributed by atoms with Crippen LogP contribution in [0.1, 0.15) is 0 Å². The van der Waals surface area contributed by atoms with Gasteiger partial charge in [-0.3, -0.25) is 4.72 Å². The van der Waals surface area contributed by atoms with Crippen molar-refractivity contribution >= 4 is 38.1 Å². The Morgan fingerprint density at radius 1 is 1.12 bits per heavy atom. The van der Waals surface area contributed by atoms with Gasteiger partial charge in [-0.1, -0.05) is 18.2 Å². The average molecular weight is 385 g/mol. The van der Waals surface area contributed by atoms with Gasteiger partial charge in [0.05, 0.1) is 33.6 Å². The van der Waals surface area contributed by atoms with Crippen LogP contribution in [0.4, 0.5) is 5.69 Å². The zero-order chi connectivity index (χ0) is 18.1. The third kappa shape index (κ3) is 3.04. The van der Waals surface area contributed by atoms with Gasteiger partial charge in [-0.25, -0.2) is 13.4 Å². The van der Waals surface area contributed by atoms with Crippen molar-refractivity contribution in [1.82, 2.24) is 9.97 Å². The van der Waals surface area contributed by atoms with Crippen LogP contribution in [-0.2, 0) is 10.0 Å². The molecule has 0 aliphatic heterocycles. The van der Waals surface area contributed by atoms with Crippen LogP contribution in [0.5, 0.6) is 5.75 Å². The Bertz CT molecular complexity index is 1170. The molecule has 6 nitrogen and oxygen atoms in total. The van der Waals surface area contributed by atoms with E-state index in [0.717, 1.165) is 10.7 Å². The van der Waals surface area contributed by atoms with Crippen molar-refractivity contribution in [3.05, 3.63) is 60.0 Å². The molecule has 2 heterocycles. The predicted molar refractivity (Wildman–Crippen MR) is 103 cm³/mol. The van der Waals surface area contributed by atoms with Crippen molar-refractivity contribution in [3.8, 4) is 16.5 Å². The van der Waals surface area contributed by atoms with Crippen LogP contribution < -0.4 is 9.46 Å². The number of hydrogen-bond acceptors (Lipinski definition) is 5. The number of nitrogens with one attached hydrogen (secondary N) is 2. The van der Waals surface area contributed by atoms with Gasteiger partial charge in [-0.2, -0.15) is 0 Å². The zero-order valence-electron chi connectivity index (χ0n) is 13.8. The maximum absolute atomic E-state index is 12.7. The summed E-state index contributed by atoms with van der Waals surface area (Å²) < 4.78 is 33.3. The second-order valence-corrected chi connectivity index (χ2v) is 8.18. The van der Waals surface area contributed by atoms with Crippen LogP contribution in [-0.4, -0.2) is 25.5 Å². The summed E-state index contributed by atoms with van der Waals surface area (Å²) in [7, 11) is -2.26. The molecule has 0 aliphatic carbocycles. The second-order valence-electron chi connectivity index (χ2n) is 5.55.